The van der Waals surface area contributed by atoms with Crippen LogP contribution in [0.2, 0.25) is 0 Å². The van der Waals surface area contributed by atoms with Crippen LogP contribution >= 0.6 is 0 Å². The molecule has 0 saturated heterocycles. The van der Waals surface area contributed by atoms with Crippen LogP contribution in [0.3, 0.4) is 0 Å². The second-order valence-electron chi connectivity index (χ2n) is 4.75. The number of carbonyl (C=O) groups excluding carboxylic acids is 1. The second-order valence-corrected chi connectivity index (χ2v) is 4.75. The third-order valence-electron chi connectivity index (χ3n) is 3.05. The highest BCUT2D eigenvalue weighted by Crippen LogP contribution is 2.21. The summed E-state index contributed by atoms with van der Waals surface area (Å²) in [4.78, 5) is 31.7. The van der Waals surface area contributed by atoms with Gasteiger partial charge in [-0.3, -0.25) is 0 Å². The number of hydrogen-bond donors (Lipinski definition) is 0. The first-order valence-corrected chi connectivity index (χ1v) is 7.12. The van der Waals surface area contributed by atoms with Gasteiger partial charge in [-0.25, -0.2) is 4.79 Å². The van der Waals surface area contributed by atoms with Crippen LogP contribution in [0.25, 0.3) is 0 Å². The van der Waals surface area contributed by atoms with E-state index in [4.69, 9.17) is 24.3 Å². The summed E-state index contributed by atoms with van der Waals surface area (Å²) >= 11 is 0. The van der Waals surface area contributed by atoms with Gasteiger partial charge >= 0.3 is 5.97 Å². The molecule has 2 aliphatic rings. The fourth-order valence-electron chi connectivity index (χ4n) is 1.95. The van der Waals surface area contributed by atoms with Crippen LogP contribution < -0.4 is 0 Å². The standard InChI is InChI=1S/C15H20O6/c1-2-14(16)17-11-15(20-18-12-7-3-4-8-12)21-19-13-9-5-6-10-13/h2,7,9,15H,1,3-6,8,10-11H2. The van der Waals surface area contributed by atoms with Gasteiger partial charge in [0.15, 0.2) is 6.61 Å². The van der Waals surface area contributed by atoms with Crippen molar-refractivity contribution in [3.8, 4) is 0 Å². The Balaban J connectivity index is 1.76. The maximum Gasteiger partial charge on any atom is 0.330 e. The number of carbonyl (C=O) groups is 1. The van der Waals surface area contributed by atoms with E-state index in [9.17, 15) is 4.79 Å². The van der Waals surface area contributed by atoms with Crippen LogP contribution in [0.1, 0.15) is 38.5 Å². The quantitative estimate of drug-likeness (QED) is 0.214. The lowest BCUT2D eigenvalue weighted by atomic mass is 10.4. The Labute approximate surface area is 123 Å². The van der Waals surface area contributed by atoms with Crippen LogP contribution in [0.5, 0.6) is 0 Å². The van der Waals surface area contributed by atoms with Crippen LogP contribution in [-0.4, -0.2) is 18.9 Å². The molecule has 21 heavy (non-hydrogen) atoms. The molecule has 0 saturated carbocycles. The maximum atomic E-state index is 11.1. The molecule has 116 valence electrons. The largest absolute Gasteiger partial charge is 0.457 e. The molecule has 0 aromatic carbocycles. The molecule has 0 unspecified atom stereocenters. The van der Waals surface area contributed by atoms with E-state index in [-0.39, 0.29) is 6.61 Å². The van der Waals surface area contributed by atoms with Gasteiger partial charge in [-0.15, -0.1) is 9.78 Å². The predicted octanol–water partition coefficient (Wildman–Crippen LogP) is 3.07. The van der Waals surface area contributed by atoms with E-state index < -0.39 is 12.3 Å². The zero-order valence-corrected chi connectivity index (χ0v) is 11.9. The second kappa shape index (κ2) is 8.49. The molecule has 6 nitrogen and oxygen atoms in total. The number of hydrogen-bond acceptors (Lipinski definition) is 6. The van der Waals surface area contributed by atoms with Crippen molar-refractivity contribution >= 4 is 5.97 Å². The van der Waals surface area contributed by atoms with Crippen molar-refractivity contribution in [1.82, 2.24) is 0 Å². The highest BCUT2D eigenvalue weighted by Gasteiger charge is 2.19. The minimum Gasteiger partial charge on any atom is -0.457 e. The van der Waals surface area contributed by atoms with Crippen molar-refractivity contribution in [3.63, 3.8) is 0 Å². The van der Waals surface area contributed by atoms with Gasteiger partial charge < -0.3 is 14.5 Å². The van der Waals surface area contributed by atoms with Gasteiger partial charge in [0, 0.05) is 18.9 Å². The van der Waals surface area contributed by atoms with Gasteiger partial charge in [0.25, 0.3) is 6.29 Å². The molecule has 2 aliphatic carbocycles. The van der Waals surface area contributed by atoms with Crippen LogP contribution in [0.15, 0.2) is 36.3 Å². The Morgan fingerprint density at radius 3 is 2.14 bits per heavy atom. The average molecular weight is 296 g/mol. The number of allylic oxidation sites excluding steroid dienone is 4. The van der Waals surface area contributed by atoms with E-state index in [2.05, 4.69) is 6.58 Å². The topological polar surface area (TPSA) is 63.2 Å². The molecule has 0 atom stereocenters. The lowest BCUT2D eigenvalue weighted by Crippen LogP contribution is -2.25. The molecule has 0 aromatic heterocycles. The van der Waals surface area contributed by atoms with Crippen molar-refractivity contribution in [1.29, 1.82) is 0 Å². The third kappa shape index (κ3) is 5.61. The van der Waals surface area contributed by atoms with E-state index in [1.165, 1.54) is 0 Å². The van der Waals surface area contributed by atoms with Gasteiger partial charge in [-0.2, -0.15) is 0 Å². The predicted molar refractivity (Wildman–Crippen MR) is 73.2 cm³/mol. The normalized spacial score (nSPS) is 17.4. The fraction of sp³-hybridized carbons (Fsp3) is 0.533. The summed E-state index contributed by atoms with van der Waals surface area (Å²) in [5.41, 5.74) is 0. The van der Waals surface area contributed by atoms with Gasteiger partial charge in [0.1, 0.15) is 11.5 Å². The highest BCUT2D eigenvalue weighted by molar-refractivity contribution is 5.81. The van der Waals surface area contributed by atoms with Gasteiger partial charge in [-0.05, 0) is 37.8 Å². The Morgan fingerprint density at radius 2 is 1.71 bits per heavy atom. The highest BCUT2D eigenvalue weighted by atomic mass is 17.3. The Hall–Kier alpha value is -1.79. The monoisotopic (exact) mass is 296 g/mol. The van der Waals surface area contributed by atoms with Crippen LogP contribution in [0, 0.1) is 0 Å². The van der Waals surface area contributed by atoms with Crippen molar-refractivity contribution in [2.24, 2.45) is 0 Å². The smallest absolute Gasteiger partial charge is 0.330 e. The molecule has 0 aromatic rings. The molecule has 0 amide bonds. The van der Waals surface area contributed by atoms with Gasteiger partial charge in [0.2, 0.25) is 0 Å². The summed E-state index contributed by atoms with van der Waals surface area (Å²) in [6.07, 6.45) is 9.68. The summed E-state index contributed by atoms with van der Waals surface area (Å²) < 4.78 is 4.88. The van der Waals surface area contributed by atoms with Crippen LogP contribution in [-0.2, 0) is 29.1 Å². The molecule has 0 heterocycles. The van der Waals surface area contributed by atoms with Crippen molar-refractivity contribution in [3.05, 3.63) is 36.3 Å². The zero-order chi connectivity index (χ0) is 14.9. The summed E-state index contributed by atoms with van der Waals surface area (Å²) in [5.74, 6) is 0.935. The fourth-order valence-corrected chi connectivity index (χ4v) is 1.95. The molecule has 2 rings (SSSR count). The lowest BCUT2D eigenvalue weighted by Gasteiger charge is -2.16. The number of ether oxygens (including phenoxy) is 1. The number of esters is 1. The van der Waals surface area contributed by atoms with Gasteiger partial charge in [0.05, 0.1) is 0 Å². The molecule has 0 aliphatic heterocycles. The summed E-state index contributed by atoms with van der Waals surface area (Å²) in [7, 11) is 0. The summed E-state index contributed by atoms with van der Waals surface area (Å²) in [6, 6.07) is 0. The molecule has 0 N–H and O–H groups in total. The first-order chi connectivity index (χ1) is 10.3. The minimum absolute atomic E-state index is 0.147. The van der Waals surface area contributed by atoms with E-state index in [0.717, 1.165) is 56.1 Å². The molecular formula is C15H20O6. The summed E-state index contributed by atoms with van der Waals surface area (Å²) in [6.45, 7) is 3.17. The molecule has 0 fully saturated rings. The minimum atomic E-state index is -0.961. The molecule has 0 bridgehead atoms. The van der Waals surface area contributed by atoms with E-state index in [1.54, 1.807) is 0 Å². The SMILES string of the molecule is C=CC(=O)OCC(OOC1=CCCC1)OOC1=CCCC1. The van der Waals surface area contributed by atoms with Gasteiger partial charge in [-0.1, -0.05) is 6.58 Å². The first kappa shape index (κ1) is 15.6. The van der Waals surface area contributed by atoms with E-state index >= 15 is 0 Å². The summed E-state index contributed by atoms with van der Waals surface area (Å²) in [5, 5.41) is 0. The molecule has 0 spiro atoms. The molecular weight excluding hydrogens is 276 g/mol. The molecule has 0 radical (unpaired) electrons. The molecule has 6 heteroatoms. The van der Waals surface area contributed by atoms with Crippen LogP contribution in [0.4, 0.5) is 0 Å². The Morgan fingerprint density at radius 1 is 1.14 bits per heavy atom. The lowest BCUT2D eigenvalue weighted by molar-refractivity contribution is -0.444. The van der Waals surface area contributed by atoms with E-state index in [0.29, 0.717) is 0 Å². The Kier molecular flexibility index (Phi) is 6.30. The first-order valence-electron chi connectivity index (χ1n) is 7.12. The maximum absolute atomic E-state index is 11.1. The van der Waals surface area contributed by atoms with Crippen molar-refractivity contribution < 1.29 is 29.1 Å². The van der Waals surface area contributed by atoms with E-state index in [1.807, 2.05) is 12.2 Å². The van der Waals surface area contributed by atoms with Crippen molar-refractivity contribution in [2.75, 3.05) is 6.61 Å². The number of rotatable bonds is 9. The zero-order valence-electron chi connectivity index (χ0n) is 11.9. The Bertz CT molecular complexity index is 398. The average Bonchev–Trinajstić information content (AvgIpc) is 3.19. The van der Waals surface area contributed by atoms with Crippen molar-refractivity contribution in [2.45, 2.75) is 44.8 Å². The third-order valence-corrected chi connectivity index (χ3v) is 3.05.